The summed E-state index contributed by atoms with van der Waals surface area (Å²) >= 11 is 0. The quantitative estimate of drug-likeness (QED) is 0.400. The number of carbonyl (C=O) groups is 1. The molecule has 0 aromatic heterocycles. The third-order valence-corrected chi connectivity index (χ3v) is 4.88. The van der Waals surface area contributed by atoms with Crippen LogP contribution in [-0.4, -0.2) is 24.0 Å². The smallest absolute Gasteiger partial charge is 0.168 e. The Bertz CT molecular complexity index is 799. The summed E-state index contributed by atoms with van der Waals surface area (Å²) in [5.41, 5.74) is 1.52. The number of halogens is 1. The summed E-state index contributed by atoms with van der Waals surface area (Å²) in [6.45, 7) is 1.45. The molecule has 0 spiro atoms. The van der Waals surface area contributed by atoms with Crippen LogP contribution in [0, 0.1) is 0 Å². The molecule has 146 valence electrons. The number of rotatable bonds is 9. The topological polar surface area (TPSA) is 53.9 Å². The van der Waals surface area contributed by atoms with Crippen LogP contribution >= 0.6 is 0 Å². The summed E-state index contributed by atoms with van der Waals surface area (Å²) in [6, 6.07) is 29.0. The van der Waals surface area contributed by atoms with Crippen LogP contribution in [0.15, 0.2) is 91.0 Å². The Morgan fingerprint density at radius 2 is 1.21 bits per heavy atom. The molecule has 28 heavy (non-hydrogen) atoms. The first-order valence-corrected chi connectivity index (χ1v) is 9.43. The van der Waals surface area contributed by atoms with Gasteiger partial charge in [0.1, 0.15) is 5.60 Å². The zero-order chi connectivity index (χ0) is 19.0. The van der Waals surface area contributed by atoms with Crippen LogP contribution < -0.4 is 17.7 Å². The maximum absolute atomic E-state index is 12.2. The minimum Gasteiger partial charge on any atom is -1.00 e. The van der Waals surface area contributed by atoms with Crippen molar-refractivity contribution in [2.24, 2.45) is 0 Å². The van der Waals surface area contributed by atoms with Gasteiger partial charge < -0.3 is 22.8 Å². The van der Waals surface area contributed by atoms with E-state index < -0.39 is 5.60 Å². The molecule has 0 aliphatic rings. The van der Waals surface area contributed by atoms with Gasteiger partial charge in [-0.15, -0.1) is 0 Å². The highest BCUT2D eigenvalue weighted by Gasteiger charge is 2.31. The fraction of sp³-hybridized carbons (Fsp3) is 0.208. The van der Waals surface area contributed by atoms with Crippen molar-refractivity contribution < 1.29 is 27.6 Å². The van der Waals surface area contributed by atoms with Gasteiger partial charge in [-0.05, 0) is 11.1 Å². The summed E-state index contributed by atoms with van der Waals surface area (Å²) in [4.78, 5) is 12.2. The van der Waals surface area contributed by atoms with E-state index in [1.807, 2.05) is 91.0 Å². The third kappa shape index (κ3) is 5.52. The summed E-state index contributed by atoms with van der Waals surface area (Å²) in [5.74, 6) is 0.160. The predicted octanol–water partition coefficient (Wildman–Crippen LogP) is 0.153. The average molecular weight is 396 g/mol. The molecule has 0 aliphatic heterocycles. The van der Waals surface area contributed by atoms with Crippen molar-refractivity contribution in [2.75, 3.05) is 13.1 Å². The highest BCUT2D eigenvalue weighted by Crippen LogP contribution is 2.32. The van der Waals surface area contributed by atoms with Gasteiger partial charge in [-0.3, -0.25) is 4.79 Å². The standard InChI is InChI=1S/C24H25NO2.ClH/c26-23(20-10-4-1-5-11-20)16-18-25-19-17-24(27,21-12-6-2-7-13-21)22-14-8-3-9-15-22;/h1-15,25,27H,16-19H2;1H. The van der Waals surface area contributed by atoms with E-state index in [-0.39, 0.29) is 18.2 Å². The van der Waals surface area contributed by atoms with Gasteiger partial charge in [-0.2, -0.15) is 0 Å². The maximum Gasteiger partial charge on any atom is 0.168 e. The van der Waals surface area contributed by atoms with E-state index in [0.29, 0.717) is 19.4 Å². The third-order valence-electron chi connectivity index (χ3n) is 4.88. The second-order valence-corrected chi connectivity index (χ2v) is 6.75. The lowest BCUT2D eigenvalue weighted by atomic mass is 9.83. The zero-order valence-electron chi connectivity index (χ0n) is 15.8. The predicted molar refractivity (Wildman–Crippen MR) is 108 cm³/mol. The molecular formula is C24H26ClNO2. The van der Waals surface area contributed by atoms with Gasteiger partial charge in [0.15, 0.2) is 5.78 Å². The number of benzene rings is 3. The van der Waals surface area contributed by atoms with Gasteiger partial charge in [0.25, 0.3) is 0 Å². The molecule has 0 fully saturated rings. The van der Waals surface area contributed by atoms with Gasteiger partial charge in [-0.25, -0.2) is 0 Å². The molecule has 0 unspecified atom stereocenters. The number of quaternary nitrogens is 1. The van der Waals surface area contributed by atoms with E-state index in [1.54, 1.807) is 0 Å². The van der Waals surface area contributed by atoms with Crippen LogP contribution in [0.2, 0.25) is 0 Å². The number of hydrogen-bond donors (Lipinski definition) is 2. The molecule has 0 atom stereocenters. The number of Topliss-reactive ketones (excluding diaryl/α,β-unsaturated/α-hetero) is 1. The molecule has 0 bridgehead atoms. The molecule has 0 heterocycles. The molecule has 0 radical (unpaired) electrons. The molecule has 3 rings (SSSR count). The Kier molecular flexibility index (Phi) is 8.40. The van der Waals surface area contributed by atoms with Crippen molar-refractivity contribution in [2.45, 2.75) is 18.4 Å². The van der Waals surface area contributed by atoms with E-state index in [2.05, 4.69) is 5.32 Å². The highest BCUT2D eigenvalue weighted by atomic mass is 35.5. The van der Waals surface area contributed by atoms with E-state index >= 15 is 0 Å². The van der Waals surface area contributed by atoms with Crippen LogP contribution in [0.5, 0.6) is 0 Å². The van der Waals surface area contributed by atoms with Crippen molar-refractivity contribution in [3.8, 4) is 0 Å². The van der Waals surface area contributed by atoms with Gasteiger partial charge in [0.05, 0.1) is 19.5 Å². The summed E-state index contributed by atoms with van der Waals surface area (Å²) in [5, 5.41) is 13.6. The van der Waals surface area contributed by atoms with Gasteiger partial charge in [-0.1, -0.05) is 91.0 Å². The number of ketones is 1. The lowest BCUT2D eigenvalue weighted by molar-refractivity contribution is -0.655. The second kappa shape index (κ2) is 10.8. The van der Waals surface area contributed by atoms with Crippen LogP contribution in [-0.2, 0) is 5.60 Å². The first kappa shape index (κ1) is 21.8. The zero-order valence-corrected chi connectivity index (χ0v) is 16.6. The molecule has 0 saturated heterocycles. The van der Waals surface area contributed by atoms with Crippen LogP contribution in [0.4, 0.5) is 0 Å². The number of aliphatic hydroxyl groups is 1. The van der Waals surface area contributed by atoms with E-state index in [0.717, 1.165) is 23.2 Å². The van der Waals surface area contributed by atoms with Gasteiger partial charge in [0, 0.05) is 12.0 Å². The minimum absolute atomic E-state index is 0. The van der Waals surface area contributed by atoms with E-state index in [9.17, 15) is 9.90 Å². The lowest BCUT2D eigenvalue weighted by Crippen LogP contribution is -3.00. The molecular weight excluding hydrogens is 370 g/mol. The molecule has 4 heteroatoms. The molecule has 0 aliphatic carbocycles. The Morgan fingerprint density at radius 3 is 1.71 bits per heavy atom. The van der Waals surface area contributed by atoms with Crippen molar-refractivity contribution >= 4 is 5.78 Å². The van der Waals surface area contributed by atoms with Crippen molar-refractivity contribution in [3.05, 3.63) is 108 Å². The minimum atomic E-state index is -1.03. The van der Waals surface area contributed by atoms with Crippen LogP contribution in [0.3, 0.4) is 0 Å². The van der Waals surface area contributed by atoms with Gasteiger partial charge >= 0.3 is 0 Å². The fourth-order valence-corrected chi connectivity index (χ4v) is 3.34. The lowest BCUT2D eigenvalue weighted by Gasteiger charge is -2.28. The summed E-state index contributed by atoms with van der Waals surface area (Å²) in [7, 11) is 0. The van der Waals surface area contributed by atoms with Crippen LogP contribution in [0.25, 0.3) is 0 Å². The molecule has 0 saturated carbocycles. The van der Waals surface area contributed by atoms with Crippen LogP contribution in [0.1, 0.15) is 34.3 Å². The first-order chi connectivity index (χ1) is 13.2. The highest BCUT2D eigenvalue weighted by molar-refractivity contribution is 5.95. The Morgan fingerprint density at radius 1 is 0.750 bits per heavy atom. The summed E-state index contributed by atoms with van der Waals surface area (Å²) in [6.07, 6.45) is 1.08. The Hall–Kier alpha value is -2.46. The molecule has 3 N–H and O–H groups in total. The number of nitrogens with two attached hydrogens (primary N) is 1. The average Bonchev–Trinajstić information content (AvgIpc) is 2.75. The van der Waals surface area contributed by atoms with E-state index in [4.69, 9.17) is 0 Å². The fourth-order valence-electron chi connectivity index (χ4n) is 3.34. The first-order valence-electron chi connectivity index (χ1n) is 9.43. The molecule has 3 aromatic rings. The van der Waals surface area contributed by atoms with Crippen molar-refractivity contribution in [1.82, 2.24) is 0 Å². The largest absolute Gasteiger partial charge is 1.00 e. The van der Waals surface area contributed by atoms with E-state index in [1.165, 1.54) is 0 Å². The molecule has 3 nitrogen and oxygen atoms in total. The number of hydrogen-bond acceptors (Lipinski definition) is 2. The van der Waals surface area contributed by atoms with Gasteiger partial charge in [0.2, 0.25) is 0 Å². The molecule has 0 amide bonds. The summed E-state index contributed by atoms with van der Waals surface area (Å²) < 4.78 is 0. The normalized spacial score (nSPS) is 10.9. The Balaban J connectivity index is 0.00000280. The number of carbonyl (C=O) groups excluding carboxylic acids is 1. The van der Waals surface area contributed by atoms with Crippen molar-refractivity contribution in [3.63, 3.8) is 0 Å². The SMILES string of the molecule is O=C(CC[NH2+]CCC(O)(c1ccccc1)c1ccccc1)c1ccccc1.[Cl-]. The Labute approximate surface area is 172 Å². The molecule has 3 aromatic carbocycles. The monoisotopic (exact) mass is 395 g/mol. The maximum atomic E-state index is 12.2. The van der Waals surface area contributed by atoms with Crippen molar-refractivity contribution in [1.29, 1.82) is 0 Å². The second-order valence-electron chi connectivity index (χ2n) is 6.75.